The predicted octanol–water partition coefficient (Wildman–Crippen LogP) is 3.48. The molecule has 1 aromatic rings. The summed E-state index contributed by atoms with van der Waals surface area (Å²) in [6.45, 7) is 1.43. The van der Waals surface area contributed by atoms with E-state index in [-0.39, 0.29) is 5.41 Å². The number of benzene rings is 1. The van der Waals surface area contributed by atoms with Crippen molar-refractivity contribution in [1.29, 1.82) is 5.26 Å². The Hall–Kier alpha value is -1.53. The lowest BCUT2D eigenvalue weighted by atomic mass is 9.77. The largest absolute Gasteiger partial charge is 0.492 e. The maximum atomic E-state index is 9.60. The third kappa shape index (κ3) is 2.81. The zero-order valence-corrected chi connectivity index (χ0v) is 11.8. The molecule has 2 aliphatic rings. The number of nitriles is 1. The molecule has 0 saturated carbocycles. The van der Waals surface area contributed by atoms with Gasteiger partial charge >= 0.3 is 0 Å². The van der Waals surface area contributed by atoms with Crippen LogP contribution < -0.4 is 4.74 Å². The standard InChI is InChI=1S/C17H21NO2/c18-12-17(9-3-6-15-7-4-10-19-15)11-14-5-1-2-8-16(14)20-13-17/h1-2,5,8,15H,3-4,6-7,9-11,13H2. The second-order valence-corrected chi connectivity index (χ2v) is 5.99. The van der Waals surface area contributed by atoms with Gasteiger partial charge in [-0.05, 0) is 50.2 Å². The minimum Gasteiger partial charge on any atom is -0.492 e. The van der Waals surface area contributed by atoms with Crippen molar-refractivity contribution >= 4 is 0 Å². The highest BCUT2D eigenvalue weighted by Crippen LogP contribution is 2.38. The number of fused-ring (bicyclic) bond motifs is 1. The zero-order chi connectivity index (χ0) is 13.8. The van der Waals surface area contributed by atoms with E-state index in [2.05, 4.69) is 12.1 Å². The smallest absolute Gasteiger partial charge is 0.122 e. The predicted molar refractivity (Wildman–Crippen MR) is 76.5 cm³/mol. The number of nitrogens with zero attached hydrogens (tertiary/aromatic N) is 1. The Morgan fingerprint density at radius 1 is 1.35 bits per heavy atom. The van der Waals surface area contributed by atoms with Crippen molar-refractivity contribution in [3.8, 4) is 11.8 Å². The van der Waals surface area contributed by atoms with Crippen LogP contribution in [0.2, 0.25) is 0 Å². The summed E-state index contributed by atoms with van der Waals surface area (Å²) in [4.78, 5) is 0. The second kappa shape index (κ2) is 5.85. The number of para-hydroxylation sites is 1. The van der Waals surface area contributed by atoms with E-state index in [0.717, 1.165) is 43.6 Å². The second-order valence-electron chi connectivity index (χ2n) is 5.99. The fourth-order valence-corrected chi connectivity index (χ4v) is 3.25. The highest BCUT2D eigenvalue weighted by Gasteiger charge is 2.36. The Kier molecular flexibility index (Phi) is 3.93. The van der Waals surface area contributed by atoms with Gasteiger partial charge in [-0.1, -0.05) is 18.2 Å². The number of ether oxygens (including phenoxy) is 2. The molecule has 0 spiro atoms. The third-order valence-electron chi connectivity index (χ3n) is 4.45. The molecule has 0 aromatic heterocycles. The summed E-state index contributed by atoms with van der Waals surface area (Å²) >= 11 is 0. The van der Waals surface area contributed by atoms with E-state index in [1.165, 1.54) is 12.8 Å². The van der Waals surface area contributed by atoms with E-state index in [1.807, 2.05) is 18.2 Å². The zero-order valence-electron chi connectivity index (χ0n) is 11.8. The Morgan fingerprint density at radius 3 is 3.05 bits per heavy atom. The minimum atomic E-state index is -0.354. The van der Waals surface area contributed by atoms with Crippen LogP contribution in [0.25, 0.3) is 0 Å². The van der Waals surface area contributed by atoms with Crippen LogP contribution in [0.3, 0.4) is 0 Å². The van der Waals surface area contributed by atoms with Gasteiger partial charge < -0.3 is 9.47 Å². The fourth-order valence-electron chi connectivity index (χ4n) is 3.25. The molecule has 2 unspecified atom stereocenters. The molecule has 0 bridgehead atoms. The number of hydrogen-bond donors (Lipinski definition) is 0. The maximum absolute atomic E-state index is 9.60. The van der Waals surface area contributed by atoms with E-state index >= 15 is 0 Å². The van der Waals surface area contributed by atoms with E-state index in [9.17, 15) is 5.26 Å². The topological polar surface area (TPSA) is 42.2 Å². The Morgan fingerprint density at radius 2 is 2.25 bits per heavy atom. The van der Waals surface area contributed by atoms with Gasteiger partial charge in [-0.15, -0.1) is 0 Å². The molecule has 1 aromatic carbocycles. The van der Waals surface area contributed by atoms with Gasteiger partial charge in [0.25, 0.3) is 0 Å². The Bertz CT molecular complexity index is 502. The molecule has 106 valence electrons. The van der Waals surface area contributed by atoms with Crippen molar-refractivity contribution in [2.45, 2.75) is 44.6 Å². The van der Waals surface area contributed by atoms with Crippen LogP contribution in [-0.4, -0.2) is 19.3 Å². The van der Waals surface area contributed by atoms with Gasteiger partial charge in [0.2, 0.25) is 0 Å². The molecule has 0 aliphatic carbocycles. The molecule has 2 heterocycles. The van der Waals surface area contributed by atoms with E-state index in [0.29, 0.717) is 12.7 Å². The monoisotopic (exact) mass is 271 g/mol. The molecular formula is C17H21NO2. The van der Waals surface area contributed by atoms with Crippen LogP contribution in [-0.2, 0) is 11.2 Å². The summed E-state index contributed by atoms with van der Waals surface area (Å²) in [6, 6.07) is 10.6. The molecule has 3 rings (SSSR count). The summed E-state index contributed by atoms with van der Waals surface area (Å²) in [5.41, 5.74) is 0.810. The molecule has 2 atom stereocenters. The molecule has 0 amide bonds. The molecule has 3 heteroatoms. The summed E-state index contributed by atoms with van der Waals surface area (Å²) in [7, 11) is 0. The highest BCUT2D eigenvalue weighted by molar-refractivity contribution is 5.37. The average molecular weight is 271 g/mol. The van der Waals surface area contributed by atoms with Crippen LogP contribution in [0.5, 0.6) is 5.75 Å². The van der Waals surface area contributed by atoms with Crippen LogP contribution >= 0.6 is 0 Å². The lowest BCUT2D eigenvalue weighted by molar-refractivity contribution is 0.0943. The average Bonchev–Trinajstić information content (AvgIpc) is 3.00. The van der Waals surface area contributed by atoms with Gasteiger partial charge in [0.1, 0.15) is 12.4 Å². The molecule has 0 radical (unpaired) electrons. The first-order valence-electron chi connectivity index (χ1n) is 7.55. The van der Waals surface area contributed by atoms with Crippen molar-refractivity contribution in [1.82, 2.24) is 0 Å². The van der Waals surface area contributed by atoms with E-state index in [4.69, 9.17) is 9.47 Å². The first-order valence-corrected chi connectivity index (χ1v) is 7.55. The lowest BCUT2D eigenvalue weighted by Crippen LogP contribution is -2.33. The summed E-state index contributed by atoms with van der Waals surface area (Å²) in [5.74, 6) is 0.942. The number of rotatable bonds is 4. The Labute approximate surface area is 120 Å². The van der Waals surface area contributed by atoms with Gasteiger partial charge in [-0.2, -0.15) is 5.26 Å². The van der Waals surface area contributed by atoms with Gasteiger partial charge in [0, 0.05) is 6.61 Å². The van der Waals surface area contributed by atoms with Crippen molar-refractivity contribution < 1.29 is 9.47 Å². The van der Waals surface area contributed by atoms with E-state index in [1.54, 1.807) is 0 Å². The Balaban J connectivity index is 1.60. The molecule has 1 saturated heterocycles. The first kappa shape index (κ1) is 13.5. The van der Waals surface area contributed by atoms with Crippen LogP contribution in [0.1, 0.15) is 37.7 Å². The van der Waals surface area contributed by atoms with Crippen molar-refractivity contribution in [3.63, 3.8) is 0 Å². The number of hydrogen-bond acceptors (Lipinski definition) is 3. The molecule has 0 N–H and O–H groups in total. The minimum absolute atomic E-state index is 0.354. The van der Waals surface area contributed by atoms with E-state index < -0.39 is 0 Å². The fraction of sp³-hybridized carbons (Fsp3) is 0.588. The summed E-state index contributed by atoms with van der Waals surface area (Å²) < 4.78 is 11.5. The van der Waals surface area contributed by atoms with Crippen LogP contribution in [0.15, 0.2) is 24.3 Å². The normalized spacial score (nSPS) is 28.4. The lowest BCUT2D eigenvalue weighted by Gasteiger charge is -2.32. The SMILES string of the molecule is N#CC1(CCCC2CCCO2)COc2ccccc2C1. The molecule has 1 fully saturated rings. The van der Waals surface area contributed by atoms with Crippen LogP contribution in [0.4, 0.5) is 0 Å². The molecule has 3 nitrogen and oxygen atoms in total. The van der Waals surface area contributed by atoms with Crippen molar-refractivity contribution in [2.24, 2.45) is 5.41 Å². The van der Waals surface area contributed by atoms with Gasteiger partial charge in [0.05, 0.1) is 17.6 Å². The molecule has 20 heavy (non-hydrogen) atoms. The third-order valence-corrected chi connectivity index (χ3v) is 4.45. The molecule has 2 aliphatic heterocycles. The van der Waals surface area contributed by atoms with Gasteiger partial charge in [0.15, 0.2) is 0 Å². The maximum Gasteiger partial charge on any atom is 0.122 e. The quantitative estimate of drug-likeness (QED) is 0.842. The first-order chi connectivity index (χ1) is 9.81. The summed E-state index contributed by atoms with van der Waals surface area (Å²) in [6.07, 6.45) is 6.61. The van der Waals surface area contributed by atoms with Crippen molar-refractivity contribution in [3.05, 3.63) is 29.8 Å². The molecular weight excluding hydrogens is 250 g/mol. The van der Waals surface area contributed by atoms with Gasteiger partial charge in [-0.3, -0.25) is 0 Å². The van der Waals surface area contributed by atoms with Crippen LogP contribution in [0, 0.1) is 16.7 Å². The van der Waals surface area contributed by atoms with Crippen molar-refractivity contribution in [2.75, 3.05) is 13.2 Å². The summed E-state index contributed by atoms with van der Waals surface area (Å²) in [5, 5.41) is 9.60. The van der Waals surface area contributed by atoms with Gasteiger partial charge in [-0.25, -0.2) is 0 Å². The highest BCUT2D eigenvalue weighted by atomic mass is 16.5.